The summed E-state index contributed by atoms with van der Waals surface area (Å²) in [6.45, 7) is 7.49. The standard InChI is InChI=1S/C17H26N6O2.2ClH/c1-3-22(4-2)9-10-23-14-8-6-5-7-13(14)20-17(23)21-16(25)12-19-15(24)11-18;;/h5-8H,3-4,9-12,18H2,1-2H3,(H,19,24)(H,20,21,25);2*1H. The van der Waals surface area contributed by atoms with Crippen LogP contribution in [0, 0.1) is 0 Å². The summed E-state index contributed by atoms with van der Waals surface area (Å²) in [4.78, 5) is 30.1. The molecule has 152 valence electrons. The van der Waals surface area contributed by atoms with Crippen LogP contribution in [0.2, 0.25) is 0 Å². The molecule has 0 bridgehead atoms. The van der Waals surface area contributed by atoms with Gasteiger partial charge in [0.05, 0.1) is 24.1 Å². The Kier molecular flexibility index (Phi) is 11.6. The number of nitrogens with two attached hydrogens (primary N) is 1. The highest BCUT2D eigenvalue weighted by molar-refractivity contribution is 5.95. The van der Waals surface area contributed by atoms with Gasteiger partial charge < -0.3 is 20.5 Å². The molecule has 1 aromatic carbocycles. The van der Waals surface area contributed by atoms with E-state index in [2.05, 4.69) is 34.4 Å². The number of anilines is 1. The summed E-state index contributed by atoms with van der Waals surface area (Å²) >= 11 is 0. The SMILES string of the molecule is CCN(CC)CCn1c(NC(=O)CNC(=O)CN)nc2ccccc21.Cl.Cl. The number of aromatic nitrogens is 2. The highest BCUT2D eigenvalue weighted by Crippen LogP contribution is 2.19. The third-order valence-corrected chi connectivity index (χ3v) is 4.07. The van der Waals surface area contributed by atoms with E-state index < -0.39 is 0 Å². The van der Waals surface area contributed by atoms with E-state index >= 15 is 0 Å². The predicted octanol–water partition coefficient (Wildman–Crippen LogP) is 1.24. The Morgan fingerprint density at radius 3 is 2.44 bits per heavy atom. The van der Waals surface area contributed by atoms with Crippen molar-refractivity contribution in [1.82, 2.24) is 19.8 Å². The second-order valence-corrected chi connectivity index (χ2v) is 5.63. The number of hydrogen-bond donors (Lipinski definition) is 3. The quantitative estimate of drug-likeness (QED) is 0.567. The van der Waals surface area contributed by atoms with Crippen LogP contribution in [0.15, 0.2) is 24.3 Å². The summed E-state index contributed by atoms with van der Waals surface area (Å²) in [7, 11) is 0. The number of hydrogen-bond acceptors (Lipinski definition) is 5. The summed E-state index contributed by atoms with van der Waals surface area (Å²) in [5, 5.41) is 5.23. The minimum Gasteiger partial charge on any atom is -0.346 e. The average molecular weight is 419 g/mol. The van der Waals surface area contributed by atoms with Gasteiger partial charge in [-0.25, -0.2) is 4.98 Å². The van der Waals surface area contributed by atoms with Gasteiger partial charge in [0, 0.05) is 13.1 Å². The smallest absolute Gasteiger partial charge is 0.246 e. The number of nitrogens with one attached hydrogen (secondary N) is 2. The first-order valence-corrected chi connectivity index (χ1v) is 8.53. The molecule has 1 aromatic heterocycles. The van der Waals surface area contributed by atoms with Crippen molar-refractivity contribution in [2.45, 2.75) is 20.4 Å². The third-order valence-electron chi connectivity index (χ3n) is 4.07. The first-order chi connectivity index (χ1) is 12.1. The summed E-state index contributed by atoms with van der Waals surface area (Å²) in [5.41, 5.74) is 7.01. The second kappa shape index (κ2) is 12.5. The molecule has 0 aliphatic rings. The number of rotatable bonds is 9. The summed E-state index contributed by atoms with van der Waals surface area (Å²) in [6.07, 6.45) is 0. The Bertz CT molecular complexity index is 733. The zero-order valence-electron chi connectivity index (χ0n) is 15.6. The van der Waals surface area contributed by atoms with Gasteiger partial charge in [-0.15, -0.1) is 24.8 Å². The summed E-state index contributed by atoms with van der Waals surface area (Å²) < 4.78 is 2.00. The Morgan fingerprint density at radius 1 is 1.15 bits per heavy atom. The fourth-order valence-electron chi connectivity index (χ4n) is 2.60. The first kappa shape index (κ1) is 25.1. The number of carbonyl (C=O) groups is 2. The number of carbonyl (C=O) groups excluding carboxylic acids is 2. The molecular formula is C17H28Cl2N6O2. The molecule has 0 atom stereocenters. The van der Waals surface area contributed by atoms with Crippen molar-refractivity contribution < 1.29 is 9.59 Å². The maximum Gasteiger partial charge on any atom is 0.246 e. The van der Waals surface area contributed by atoms with Crippen molar-refractivity contribution >= 4 is 53.6 Å². The largest absolute Gasteiger partial charge is 0.346 e. The first-order valence-electron chi connectivity index (χ1n) is 8.53. The minimum absolute atomic E-state index is 0. The number of fused-ring (bicyclic) bond motifs is 1. The molecule has 27 heavy (non-hydrogen) atoms. The van der Waals surface area contributed by atoms with Gasteiger partial charge in [-0.2, -0.15) is 0 Å². The molecule has 2 aromatic rings. The summed E-state index contributed by atoms with van der Waals surface area (Å²) in [5.74, 6) is -0.216. The Labute approximate surface area is 171 Å². The van der Waals surface area contributed by atoms with E-state index in [0.29, 0.717) is 12.5 Å². The molecule has 0 unspecified atom stereocenters. The van der Waals surface area contributed by atoms with Gasteiger partial charge >= 0.3 is 0 Å². The number of nitrogens with zero attached hydrogens (tertiary/aromatic N) is 3. The van der Waals surface area contributed by atoms with Crippen LogP contribution in [0.3, 0.4) is 0 Å². The van der Waals surface area contributed by atoms with Crippen LogP contribution in [0.25, 0.3) is 11.0 Å². The van der Waals surface area contributed by atoms with E-state index in [-0.39, 0.29) is 49.7 Å². The fourth-order valence-corrected chi connectivity index (χ4v) is 2.60. The molecule has 0 fully saturated rings. The Balaban J connectivity index is 0.00000338. The lowest BCUT2D eigenvalue weighted by atomic mass is 10.3. The minimum atomic E-state index is -0.370. The molecule has 1 heterocycles. The van der Waals surface area contributed by atoms with Crippen molar-refractivity contribution in [3.8, 4) is 0 Å². The maximum atomic E-state index is 12.1. The van der Waals surface area contributed by atoms with Crippen molar-refractivity contribution in [2.24, 2.45) is 5.73 Å². The zero-order chi connectivity index (χ0) is 18.2. The maximum absolute atomic E-state index is 12.1. The predicted molar refractivity (Wildman–Crippen MR) is 113 cm³/mol. The van der Waals surface area contributed by atoms with Crippen LogP contribution in [0.1, 0.15) is 13.8 Å². The second-order valence-electron chi connectivity index (χ2n) is 5.63. The molecule has 2 rings (SSSR count). The highest BCUT2D eigenvalue weighted by Gasteiger charge is 2.14. The van der Waals surface area contributed by atoms with E-state index in [1.807, 2.05) is 28.8 Å². The lowest BCUT2D eigenvalue weighted by Gasteiger charge is -2.19. The zero-order valence-corrected chi connectivity index (χ0v) is 17.2. The molecule has 4 N–H and O–H groups in total. The van der Waals surface area contributed by atoms with E-state index in [1.54, 1.807) is 0 Å². The van der Waals surface area contributed by atoms with Crippen molar-refractivity contribution in [3.63, 3.8) is 0 Å². The monoisotopic (exact) mass is 418 g/mol. The highest BCUT2D eigenvalue weighted by atomic mass is 35.5. The van der Waals surface area contributed by atoms with Crippen molar-refractivity contribution in [1.29, 1.82) is 0 Å². The number of likely N-dealkylation sites (N-methyl/N-ethyl adjacent to an activating group) is 1. The molecule has 0 spiro atoms. The van der Waals surface area contributed by atoms with Gasteiger partial charge in [0.2, 0.25) is 17.8 Å². The topological polar surface area (TPSA) is 105 Å². The Hall–Kier alpha value is -1.87. The van der Waals surface area contributed by atoms with Crippen LogP contribution in [0.5, 0.6) is 0 Å². The molecule has 0 saturated carbocycles. The molecular weight excluding hydrogens is 391 g/mol. The van der Waals surface area contributed by atoms with Crippen molar-refractivity contribution in [2.75, 3.05) is 38.0 Å². The number of imidazole rings is 1. The lowest BCUT2D eigenvalue weighted by molar-refractivity contribution is -0.123. The van der Waals surface area contributed by atoms with E-state index in [4.69, 9.17) is 5.73 Å². The molecule has 0 saturated heterocycles. The lowest BCUT2D eigenvalue weighted by Crippen LogP contribution is -2.37. The van der Waals surface area contributed by atoms with Crippen LogP contribution in [-0.4, -0.2) is 59.0 Å². The number of amides is 2. The fraction of sp³-hybridized carbons (Fsp3) is 0.471. The van der Waals surface area contributed by atoms with Crippen LogP contribution in [0.4, 0.5) is 5.95 Å². The van der Waals surface area contributed by atoms with Gasteiger partial charge in [0.1, 0.15) is 0 Å². The molecule has 0 aliphatic heterocycles. The van der Waals surface area contributed by atoms with Gasteiger partial charge in [0.15, 0.2) is 0 Å². The molecule has 10 heteroatoms. The normalized spacial score (nSPS) is 10.2. The molecule has 8 nitrogen and oxygen atoms in total. The summed E-state index contributed by atoms with van der Waals surface area (Å²) in [6, 6.07) is 7.76. The van der Waals surface area contributed by atoms with Gasteiger partial charge in [-0.05, 0) is 25.2 Å². The molecule has 0 aliphatic carbocycles. The van der Waals surface area contributed by atoms with Gasteiger partial charge in [-0.3, -0.25) is 14.9 Å². The van der Waals surface area contributed by atoms with Crippen LogP contribution >= 0.6 is 24.8 Å². The van der Waals surface area contributed by atoms with E-state index in [0.717, 1.165) is 30.7 Å². The number of halogens is 2. The molecule has 0 radical (unpaired) electrons. The van der Waals surface area contributed by atoms with Crippen LogP contribution in [-0.2, 0) is 16.1 Å². The number of benzene rings is 1. The van der Waals surface area contributed by atoms with Crippen molar-refractivity contribution in [3.05, 3.63) is 24.3 Å². The van der Waals surface area contributed by atoms with E-state index in [1.165, 1.54) is 0 Å². The number of para-hydroxylation sites is 2. The van der Waals surface area contributed by atoms with Crippen LogP contribution < -0.4 is 16.4 Å². The van der Waals surface area contributed by atoms with Gasteiger partial charge in [0.25, 0.3) is 0 Å². The van der Waals surface area contributed by atoms with Gasteiger partial charge in [-0.1, -0.05) is 26.0 Å². The van der Waals surface area contributed by atoms with E-state index in [9.17, 15) is 9.59 Å². The Morgan fingerprint density at radius 2 is 1.81 bits per heavy atom. The average Bonchev–Trinajstić information content (AvgIpc) is 2.97. The molecule has 2 amide bonds. The third kappa shape index (κ3) is 6.99.